The Balaban J connectivity index is 1.54. The number of nitrogens with zero attached hydrogens (tertiary/aromatic N) is 1. The number of rotatable bonds is 7. The zero-order valence-electron chi connectivity index (χ0n) is 16.7. The van der Waals surface area contributed by atoms with Gasteiger partial charge in [0.1, 0.15) is 12.2 Å². The van der Waals surface area contributed by atoms with Gasteiger partial charge in [-0.1, -0.05) is 36.4 Å². The molecule has 4 atom stereocenters. The normalized spacial score (nSPS) is 24.5. The summed E-state index contributed by atoms with van der Waals surface area (Å²) in [5.74, 6) is 0. The van der Waals surface area contributed by atoms with Crippen molar-refractivity contribution in [2.75, 3.05) is 13.2 Å². The first-order valence-electron chi connectivity index (χ1n) is 10.1. The highest BCUT2D eigenvalue weighted by molar-refractivity contribution is 7.90. The lowest BCUT2D eigenvalue weighted by Gasteiger charge is -2.36. The van der Waals surface area contributed by atoms with Gasteiger partial charge in [-0.3, -0.25) is 0 Å². The number of hydrogen-bond acceptors (Lipinski definition) is 7. The van der Waals surface area contributed by atoms with Crippen molar-refractivity contribution in [1.29, 1.82) is 0 Å². The molecule has 0 spiro atoms. The van der Waals surface area contributed by atoms with Gasteiger partial charge in [0.05, 0.1) is 29.7 Å². The molecule has 0 aliphatic carbocycles. The number of hydrogen-bond donors (Lipinski definition) is 3. The summed E-state index contributed by atoms with van der Waals surface area (Å²) in [5.41, 5.74) is 1.35. The molecule has 9 heteroatoms. The van der Waals surface area contributed by atoms with E-state index in [-0.39, 0.29) is 24.5 Å². The van der Waals surface area contributed by atoms with E-state index >= 15 is 0 Å². The minimum Gasteiger partial charge on any atom is -0.394 e. The van der Waals surface area contributed by atoms with Gasteiger partial charge >= 0.3 is 0 Å². The fourth-order valence-corrected chi connectivity index (χ4v) is 5.20. The first-order valence-corrected chi connectivity index (χ1v) is 11.5. The van der Waals surface area contributed by atoms with Crippen molar-refractivity contribution in [3.63, 3.8) is 0 Å². The van der Waals surface area contributed by atoms with Crippen LogP contribution in [0.15, 0.2) is 65.7 Å². The van der Waals surface area contributed by atoms with E-state index < -0.39 is 34.6 Å². The van der Waals surface area contributed by atoms with Crippen LogP contribution in [0.5, 0.6) is 0 Å². The maximum absolute atomic E-state index is 13.2. The Morgan fingerprint density at radius 1 is 1.03 bits per heavy atom. The molecule has 0 amide bonds. The van der Waals surface area contributed by atoms with E-state index in [1.807, 2.05) is 12.1 Å². The molecule has 0 bridgehead atoms. The van der Waals surface area contributed by atoms with Crippen molar-refractivity contribution < 1.29 is 33.2 Å². The third kappa shape index (κ3) is 4.38. The van der Waals surface area contributed by atoms with Crippen LogP contribution in [-0.4, -0.2) is 65.5 Å². The van der Waals surface area contributed by atoms with Crippen molar-refractivity contribution in [1.82, 2.24) is 3.97 Å². The number of fused-ring (bicyclic) bond motifs is 1. The summed E-state index contributed by atoms with van der Waals surface area (Å²) in [5, 5.41) is 29.9. The van der Waals surface area contributed by atoms with Crippen molar-refractivity contribution >= 4 is 20.9 Å². The Bertz CT molecular complexity index is 1130. The summed E-state index contributed by atoms with van der Waals surface area (Å²) >= 11 is 0. The Labute approximate surface area is 180 Å². The lowest BCUT2D eigenvalue weighted by Crippen LogP contribution is -2.49. The van der Waals surface area contributed by atoms with Crippen LogP contribution in [0.2, 0.25) is 0 Å². The predicted molar refractivity (Wildman–Crippen MR) is 113 cm³/mol. The maximum atomic E-state index is 13.2. The molecule has 0 unspecified atom stereocenters. The summed E-state index contributed by atoms with van der Waals surface area (Å²) in [4.78, 5) is 0.200. The molecule has 0 saturated carbocycles. The summed E-state index contributed by atoms with van der Waals surface area (Å²) < 4.78 is 38.7. The lowest BCUT2D eigenvalue weighted by atomic mass is 10.0. The van der Waals surface area contributed by atoms with Gasteiger partial charge in [-0.25, -0.2) is 12.4 Å². The number of aliphatic hydroxyl groups excluding tert-OH is 3. The summed E-state index contributed by atoms with van der Waals surface area (Å²) in [6, 6.07) is 15.5. The van der Waals surface area contributed by atoms with E-state index in [9.17, 15) is 23.7 Å². The first kappa shape index (κ1) is 21.9. The molecule has 3 N–H and O–H groups in total. The van der Waals surface area contributed by atoms with Crippen LogP contribution >= 0.6 is 0 Å². The van der Waals surface area contributed by atoms with E-state index in [2.05, 4.69) is 0 Å². The number of ether oxygens (including phenoxy) is 2. The van der Waals surface area contributed by atoms with E-state index in [0.29, 0.717) is 11.9 Å². The van der Waals surface area contributed by atoms with Crippen molar-refractivity contribution in [2.24, 2.45) is 0 Å². The molecule has 3 aromatic rings. The molecular formula is C22H25NO7S. The van der Waals surface area contributed by atoms with Crippen LogP contribution in [-0.2, 0) is 25.9 Å². The molecular weight excluding hydrogens is 422 g/mol. The van der Waals surface area contributed by atoms with Gasteiger partial charge in [0.15, 0.2) is 6.29 Å². The summed E-state index contributed by atoms with van der Waals surface area (Å²) in [7, 11) is -3.76. The van der Waals surface area contributed by atoms with Gasteiger partial charge < -0.3 is 24.8 Å². The molecule has 1 aliphatic heterocycles. The molecule has 31 heavy (non-hydrogen) atoms. The molecule has 1 fully saturated rings. The highest BCUT2D eigenvalue weighted by atomic mass is 32.2. The molecule has 2 aromatic carbocycles. The average molecular weight is 448 g/mol. The van der Waals surface area contributed by atoms with Crippen LogP contribution in [0.3, 0.4) is 0 Å². The average Bonchev–Trinajstić information content (AvgIpc) is 3.15. The van der Waals surface area contributed by atoms with Gasteiger partial charge in [0.2, 0.25) is 0 Å². The van der Waals surface area contributed by atoms with Gasteiger partial charge in [-0.05, 0) is 30.2 Å². The van der Waals surface area contributed by atoms with E-state index in [4.69, 9.17) is 9.47 Å². The highest BCUT2D eigenvalue weighted by Crippen LogP contribution is 2.27. The van der Waals surface area contributed by atoms with Crippen LogP contribution in [0, 0.1) is 0 Å². The molecule has 2 heterocycles. The molecule has 1 aromatic heterocycles. The van der Waals surface area contributed by atoms with Gasteiger partial charge in [0, 0.05) is 18.0 Å². The van der Waals surface area contributed by atoms with Crippen LogP contribution in [0.4, 0.5) is 0 Å². The number of aromatic nitrogens is 1. The predicted octanol–water partition coefficient (Wildman–Crippen LogP) is 1.27. The van der Waals surface area contributed by atoms with Crippen LogP contribution in [0.25, 0.3) is 10.9 Å². The molecule has 1 saturated heterocycles. The second-order valence-electron chi connectivity index (χ2n) is 7.50. The van der Waals surface area contributed by atoms with Crippen molar-refractivity contribution in [2.45, 2.75) is 42.3 Å². The quantitative estimate of drug-likeness (QED) is 0.499. The largest absolute Gasteiger partial charge is 0.394 e. The smallest absolute Gasteiger partial charge is 0.268 e. The van der Waals surface area contributed by atoms with Crippen molar-refractivity contribution in [3.05, 3.63) is 66.4 Å². The summed E-state index contributed by atoms with van der Waals surface area (Å²) in [6.45, 7) is -0.214. The SMILES string of the molecule is O=S(=O)(c1ccccc1)n1cc(CCO[C@@H]2O[C@H](CO)[C@@H](O)C[C@H]2O)c2ccccc21. The third-order valence-corrected chi connectivity index (χ3v) is 7.12. The number of para-hydroxylation sites is 1. The van der Waals surface area contributed by atoms with Gasteiger partial charge in [0.25, 0.3) is 10.0 Å². The van der Waals surface area contributed by atoms with E-state index in [1.165, 1.54) is 3.97 Å². The molecule has 1 aliphatic rings. The second-order valence-corrected chi connectivity index (χ2v) is 9.32. The molecule has 4 rings (SSSR count). The van der Waals surface area contributed by atoms with Gasteiger partial charge in [-0.15, -0.1) is 0 Å². The Morgan fingerprint density at radius 3 is 2.48 bits per heavy atom. The first-order chi connectivity index (χ1) is 14.9. The van der Waals surface area contributed by atoms with Crippen molar-refractivity contribution in [3.8, 4) is 0 Å². The van der Waals surface area contributed by atoms with Gasteiger partial charge in [-0.2, -0.15) is 0 Å². The minimum atomic E-state index is -3.76. The monoisotopic (exact) mass is 447 g/mol. The third-order valence-electron chi connectivity index (χ3n) is 5.43. The Morgan fingerprint density at radius 2 is 1.74 bits per heavy atom. The Kier molecular flexibility index (Phi) is 6.42. The maximum Gasteiger partial charge on any atom is 0.268 e. The van der Waals surface area contributed by atoms with Crippen LogP contribution < -0.4 is 0 Å². The Hall–Kier alpha value is -2.27. The number of aliphatic hydroxyl groups is 3. The minimum absolute atomic E-state index is 0.0462. The molecule has 0 radical (unpaired) electrons. The highest BCUT2D eigenvalue weighted by Gasteiger charge is 2.36. The standard InChI is InChI=1S/C22H25NO7S/c24-14-21-19(25)12-20(26)22(30-21)29-11-10-15-13-23(18-9-5-4-8-17(15)18)31(27,28)16-6-2-1-3-7-16/h1-9,13,19-22,24-26H,10-12,14H2/t19-,20+,21+,22+/m0/s1. The fraction of sp³-hybridized carbons (Fsp3) is 0.364. The lowest BCUT2D eigenvalue weighted by molar-refractivity contribution is -0.269. The van der Waals surface area contributed by atoms with Crippen LogP contribution in [0.1, 0.15) is 12.0 Å². The fourth-order valence-electron chi connectivity index (χ4n) is 3.79. The zero-order valence-corrected chi connectivity index (χ0v) is 17.6. The number of benzene rings is 2. The molecule has 166 valence electrons. The topological polar surface area (TPSA) is 118 Å². The van der Waals surface area contributed by atoms with E-state index in [1.54, 1.807) is 48.7 Å². The second kappa shape index (κ2) is 9.07. The zero-order chi connectivity index (χ0) is 22.0. The van der Waals surface area contributed by atoms with E-state index in [0.717, 1.165) is 10.9 Å². The summed E-state index contributed by atoms with van der Waals surface area (Å²) in [6.07, 6.45) is -1.73. The molecule has 8 nitrogen and oxygen atoms in total.